The third-order valence-electron chi connectivity index (χ3n) is 4.33. The Labute approximate surface area is 151 Å². The molecular formula is C18H21N5O3. The lowest BCUT2D eigenvalue weighted by atomic mass is 10.1. The van der Waals surface area contributed by atoms with Gasteiger partial charge in [-0.25, -0.2) is 4.98 Å². The van der Waals surface area contributed by atoms with Gasteiger partial charge < -0.3 is 20.3 Å². The molecule has 8 nitrogen and oxygen atoms in total. The number of amides is 1. The Bertz CT molecular complexity index is 868. The molecule has 1 aliphatic heterocycles. The first kappa shape index (κ1) is 17.7. The zero-order chi connectivity index (χ0) is 18.8. The summed E-state index contributed by atoms with van der Waals surface area (Å²) in [6, 6.07) is 4.82. The molecule has 1 aromatic carbocycles. The molecule has 1 amide bonds. The lowest BCUT2D eigenvalue weighted by Gasteiger charge is -2.31. The van der Waals surface area contributed by atoms with Crippen molar-refractivity contribution in [1.29, 1.82) is 0 Å². The first-order valence-electron chi connectivity index (χ1n) is 8.31. The van der Waals surface area contributed by atoms with Gasteiger partial charge in [0.05, 0.1) is 19.0 Å². The van der Waals surface area contributed by atoms with Crippen molar-refractivity contribution in [3.05, 3.63) is 30.0 Å². The maximum atomic E-state index is 12.2. The summed E-state index contributed by atoms with van der Waals surface area (Å²) in [7, 11) is 3.25. The van der Waals surface area contributed by atoms with Crippen LogP contribution < -0.4 is 20.3 Å². The number of rotatable bonds is 5. The highest BCUT2D eigenvalue weighted by Crippen LogP contribution is 2.32. The number of fused-ring (bicyclic) bond motifs is 1. The number of Topliss-reactive ketones (excluding diaryl/α,β-unsaturated/α-hetero) is 1. The first-order valence-corrected chi connectivity index (χ1v) is 8.31. The van der Waals surface area contributed by atoms with Gasteiger partial charge in [-0.05, 0) is 31.5 Å². The smallest absolute Gasteiger partial charge is 0.249 e. The van der Waals surface area contributed by atoms with Gasteiger partial charge >= 0.3 is 0 Å². The molecule has 0 spiro atoms. The molecule has 2 aromatic rings. The molecule has 8 heteroatoms. The van der Waals surface area contributed by atoms with Crippen molar-refractivity contribution in [3.63, 3.8) is 0 Å². The van der Waals surface area contributed by atoms with Crippen LogP contribution in [-0.4, -0.2) is 41.9 Å². The number of carbonyl (C=O) groups excluding carboxylic acids is 2. The minimum absolute atomic E-state index is 0.00852. The second-order valence-corrected chi connectivity index (χ2v) is 6.03. The molecule has 1 atom stereocenters. The largest absolute Gasteiger partial charge is 0.495 e. The van der Waals surface area contributed by atoms with Crippen molar-refractivity contribution in [2.75, 3.05) is 29.7 Å². The van der Waals surface area contributed by atoms with E-state index in [1.807, 2.05) is 6.92 Å². The van der Waals surface area contributed by atoms with E-state index in [1.165, 1.54) is 14.0 Å². The second-order valence-electron chi connectivity index (χ2n) is 6.03. The number of nitrogens with one attached hydrogen (secondary N) is 2. The topological polar surface area (TPSA) is 96.4 Å². The van der Waals surface area contributed by atoms with Gasteiger partial charge in [0.2, 0.25) is 11.9 Å². The number of hydrogen-bond donors (Lipinski definition) is 2. The van der Waals surface area contributed by atoms with Gasteiger partial charge in [-0.2, -0.15) is 4.98 Å². The number of ketones is 1. The predicted octanol–water partition coefficient (Wildman–Crippen LogP) is 2.60. The van der Waals surface area contributed by atoms with Gasteiger partial charge in [-0.15, -0.1) is 0 Å². The Morgan fingerprint density at radius 3 is 2.85 bits per heavy atom. The third-order valence-corrected chi connectivity index (χ3v) is 4.33. The molecule has 0 fully saturated rings. The average molecular weight is 355 g/mol. The molecule has 1 aromatic heterocycles. The Morgan fingerprint density at radius 1 is 1.42 bits per heavy atom. The van der Waals surface area contributed by atoms with Crippen LogP contribution in [0.15, 0.2) is 24.4 Å². The van der Waals surface area contributed by atoms with E-state index in [-0.39, 0.29) is 17.7 Å². The van der Waals surface area contributed by atoms with Crippen LogP contribution in [0.1, 0.15) is 30.6 Å². The number of likely N-dealkylation sites (N-methyl/N-ethyl adjacent to an activating group) is 1. The van der Waals surface area contributed by atoms with Gasteiger partial charge in [0.25, 0.3) is 0 Å². The fourth-order valence-electron chi connectivity index (χ4n) is 2.78. The number of nitrogens with zero attached hydrogens (tertiary/aromatic N) is 3. The normalized spacial score (nSPS) is 15.9. The van der Waals surface area contributed by atoms with Crippen LogP contribution in [0.5, 0.6) is 5.75 Å². The van der Waals surface area contributed by atoms with Crippen LogP contribution in [0.2, 0.25) is 0 Å². The van der Waals surface area contributed by atoms with E-state index in [1.54, 1.807) is 36.3 Å². The Balaban J connectivity index is 1.91. The Morgan fingerprint density at radius 2 is 2.19 bits per heavy atom. The first-order chi connectivity index (χ1) is 12.4. The van der Waals surface area contributed by atoms with Crippen molar-refractivity contribution < 1.29 is 14.3 Å². The minimum atomic E-state index is -0.306. The van der Waals surface area contributed by atoms with Crippen molar-refractivity contribution in [2.45, 2.75) is 26.3 Å². The number of methoxy groups -OCH3 is 1. The van der Waals surface area contributed by atoms with Crippen molar-refractivity contribution in [2.24, 2.45) is 0 Å². The predicted molar refractivity (Wildman–Crippen MR) is 99.4 cm³/mol. The summed E-state index contributed by atoms with van der Waals surface area (Å²) >= 11 is 0. The fourth-order valence-corrected chi connectivity index (χ4v) is 2.78. The highest BCUT2D eigenvalue weighted by Gasteiger charge is 2.30. The average Bonchev–Trinajstić information content (AvgIpc) is 2.64. The maximum Gasteiger partial charge on any atom is 0.249 e. The van der Waals surface area contributed by atoms with E-state index >= 15 is 0 Å². The summed E-state index contributed by atoms with van der Waals surface area (Å²) in [5.41, 5.74) is 1.83. The number of anilines is 4. The van der Waals surface area contributed by atoms with Gasteiger partial charge in [-0.3, -0.25) is 9.59 Å². The summed E-state index contributed by atoms with van der Waals surface area (Å²) in [6.45, 7) is 3.44. The standard InChI is InChI=1S/C18H21N5O3/c1-5-12-17(25)23(3)14-9-19-18(22-16(14)20-12)21-13-7-6-11(10(2)24)8-15(13)26-4/h6-9,12H,5H2,1-4H3,(H2,19,20,21,22)/t12-/m1/s1. The van der Waals surface area contributed by atoms with E-state index in [4.69, 9.17) is 4.74 Å². The summed E-state index contributed by atoms with van der Waals surface area (Å²) in [5.74, 6) is 1.43. The highest BCUT2D eigenvalue weighted by atomic mass is 16.5. The van der Waals surface area contributed by atoms with Crippen LogP contribution >= 0.6 is 0 Å². The molecule has 0 bridgehead atoms. The van der Waals surface area contributed by atoms with E-state index in [0.29, 0.717) is 40.9 Å². The molecule has 3 rings (SSSR count). The number of ether oxygens (including phenoxy) is 1. The second kappa shape index (κ2) is 6.99. The lowest BCUT2D eigenvalue weighted by Crippen LogP contribution is -2.45. The van der Waals surface area contributed by atoms with Gasteiger partial charge in [0, 0.05) is 12.6 Å². The van der Waals surface area contributed by atoms with Gasteiger partial charge in [-0.1, -0.05) is 6.92 Å². The summed E-state index contributed by atoms with van der Waals surface area (Å²) < 4.78 is 5.35. The molecular weight excluding hydrogens is 334 g/mol. The SMILES string of the molecule is CC[C@H]1Nc2nc(Nc3ccc(C(C)=O)cc3OC)ncc2N(C)C1=O. The molecule has 2 N–H and O–H groups in total. The summed E-state index contributed by atoms with van der Waals surface area (Å²) in [4.78, 5) is 34.0. The summed E-state index contributed by atoms with van der Waals surface area (Å²) in [6.07, 6.45) is 2.26. The molecule has 0 aliphatic carbocycles. The quantitative estimate of drug-likeness (QED) is 0.796. The maximum absolute atomic E-state index is 12.2. The number of carbonyl (C=O) groups is 2. The van der Waals surface area contributed by atoms with Crippen LogP contribution in [0.25, 0.3) is 0 Å². The number of aromatic nitrogens is 2. The van der Waals surface area contributed by atoms with Crippen molar-refractivity contribution in [1.82, 2.24) is 9.97 Å². The Kier molecular flexibility index (Phi) is 4.75. The zero-order valence-electron chi connectivity index (χ0n) is 15.2. The Hall–Kier alpha value is -3.16. The van der Waals surface area contributed by atoms with Crippen LogP contribution in [-0.2, 0) is 4.79 Å². The summed E-state index contributed by atoms with van der Waals surface area (Å²) in [5, 5.41) is 6.24. The molecule has 0 saturated carbocycles. The van der Waals surface area contributed by atoms with Gasteiger partial charge in [0.15, 0.2) is 11.6 Å². The van der Waals surface area contributed by atoms with E-state index in [2.05, 4.69) is 20.6 Å². The van der Waals surface area contributed by atoms with Crippen LogP contribution in [0.3, 0.4) is 0 Å². The van der Waals surface area contributed by atoms with E-state index in [0.717, 1.165) is 0 Å². The molecule has 0 unspecified atom stereocenters. The van der Waals surface area contributed by atoms with Crippen LogP contribution in [0.4, 0.5) is 23.1 Å². The molecule has 0 radical (unpaired) electrons. The highest BCUT2D eigenvalue weighted by molar-refractivity contribution is 6.03. The molecule has 2 heterocycles. The third kappa shape index (κ3) is 3.17. The van der Waals surface area contributed by atoms with E-state index in [9.17, 15) is 9.59 Å². The molecule has 26 heavy (non-hydrogen) atoms. The van der Waals surface area contributed by atoms with Gasteiger partial charge in [0.1, 0.15) is 17.5 Å². The van der Waals surface area contributed by atoms with E-state index < -0.39 is 0 Å². The van der Waals surface area contributed by atoms with Crippen LogP contribution in [0, 0.1) is 0 Å². The lowest BCUT2D eigenvalue weighted by molar-refractivity contribution is -0.119. The zero-order valence-corrected chi connectivity index (χ0v) is 15.2. The van der Waals surface area contributed by atoms with Crippen molar-refractivity contribution >= 4 is 34.8 Å². The minimum Gasteiger partial charge on any atom is -0.495 e. The fraction of sp³-hybridized carbons (Fsp3) is 0.333. The molecule has 136 valence electrons. The number of benzene rings is 1. The monoisotopic (exact) mass is 355 g/mol. The molecule has 0 saturated heterocycles. The number of hydrogen-bond acceptors (Lipinski definition) is 7. The molecule has 1 aliphatic rings. The van der Waals surface area contributed by atoms with Crippen molar-refractivity contribution in [3.8, 4) is 5.75 Å².